The molecule has 2 atom stereocenters. The first-order valence-electron chi connectivity index (χ1n) is 7.96. The minimum absolute atomic E-state index is 0.0518. The second-order valence-electron chi connectivity index (χ2n) is 6.78. The number of aliphatic carboxylic acids is 1. The minimum atomic E-state index is -0.781. The number of halogens is 1. The summed E-state index contributed by atoms with van der Waals surface area (Å²) in [6.45, 7) is 0.769. The van der Waals surface area contributed by atoms with Crippen LogP contribution in [0.15, 0.2) is 16.7 Å². The van der Waals surface area contributed by atoms with E-state index in [0.29, 0.717) is 18.8 Å². The monoisotopic (exact) mass is 396 g/mol. The Labute approximate surface area is 149 Å². The first kappa shape index (κ1) is 17.0. The van der Waals surface area contributed by atoms with E-state index in [2.05, 4.69) is 26.2 Å². The predicted octanol–water partition coefficient (Wildman–Crippen LogP) is 2.63. The third kappa shape index (κ3) is 2.83. The number of likely N-dealkylation sites (tertiary alicyclic amines) is 1. The Morgan fingerprint density at radius 3 is 2.88 bits per heavy atom. The van der Waals surface area contributed by atoms with Crippen molar-refractivity contribution in [1.29, 1.82) is 0 Å². The number of urea groups is 1. The van der Waals surface area contributed by atoms with Crippen molar-refractivity contribution in [1.82, 2.24) is 9.88 Å². The zero-order chi connectivity index (χ0) is 17.5. The topological polar surface area (TPSA) is 85.8 Å². The lowest BCUT2D eigenvalue weighted by Crippen LogP contribution is -2.38. The molecule has 24 heavy (non-hydrogen) atoms. The molecule has 1 aromatic rings. The summed E-state index contributed by atoms with van der Waals surface area (Å²) >= 11 is 3.43. The number of hydrogen-bond acceptors (Lipinski definition) is 4. The largest absolute Gasteiger partial charge is 0.481 e. The zero-order valence-electron chi connectivity index (χ0n) is 13.8. The number of amides is 2. The van der Waals surface area contributed by atoms with E-state index in [1.807, 2.05) is 19.0 Å². The maximum atomic E-state index is 12.5. The second kappa shape index (κ2) is 6.23. The van der Waals surface area contributed by atoms with Crippen LogP contribution >= 0.6 is 15.9 Å². The average Bonchev–Trinajstić information content (AvgIpc) is 3.06. The molecule has 2 fully saturated rings. The maximum absolute atomic E-state index is 12.5. The van der Waals surface area contributed by atoms with Gasteiger partial charge in [0.1, 0.15) is 5.82 Å². The van der Waals surface area contributed by atoms with Crippen LogP contribution in [0.4, 0.5) is 16.3 Å². The standard InChI is InChI=1S/C16H21BrN4O3/c1-20(2)12-6-13(18-7-11(12)17)19-15(24)21-8-10-4-3-5-16(10,9-21)14(22)23/h6-7,10H,3-5,8-9H2,1-2H3,(H,22,23)(H,18,19,24)/t10-,16+/m0/s1. The van der Waals surface area contributed by atoms with Gasteiger partial charge in [-0.25, -0.2) is 9.78 Å². The molecule has 0 radical (unpaired) electrons. The number of nitrogens with zero attached hydrogens (tertiary/aromatic N) is 3. The van der Waals surface area contributed by atoms with Crippen LogP contribution in [0.3, 0.4) is 0 Å². The van der Waals surface area contributed by atoms with E-state index in [1.165, 1.54) is 0 Å². The molecule has 130 valence electrons. The molecular weight excluding hydrogens is 376 g/mol. The highest BCUT2D eigenvalue weighted by molar-refractivity contribution is 9.10. The van der Waals surface area contributed by atoms with Crippen LogP contribution in [-0.4, -0.2) is 54.2 Å². The highest BCUT2D eigenvalue weighted by Crippen LogP contribution is 2.48. The number of nitrogens with one attached hydrogen (secondary N) is 1. The highest BCUT2D eigenvalue weighted by atomic mass is 79.9. The molecule has 2 aliphatic rings. The summed E-state index contributed by atoms with van der Waals surface area (Å²) in [6, 6.07) is 1.50. The molecule has 0 bridgehead atoms. The van der Waals surface area contributed by atoms with Crippen molar-refractivity contribution in [3.63, 3.8) is 0 Å². The summed E-state index contributed by atoms with van der Waals surface area (Å²) in [6.07, 6.45) is 4.09. The van der Waals surface area contributed by atoms with Crippen molar-refractivity contribution in [3.05, 3.63) is 16.7 Å². The average molecular weight is 397 g/mol. The molecule has 0 unspecified atom stereocenters. The van der Waals surface area contributed by atoms with Gasteiger partial charge in [0.05, 0.1) is 15.6 Å². The van der Waals surface area contributed by atoms with Crippen LogP contribution in [0.1, 0.15) is 19.3 Å². The van der Waals surface area contributed by atoms with Gasteiger partial charge in [-0.05, 0) is 34.7 Å². The van der Waals surface area contributed by atoms with Crippen molar-refractivity contribution in [2.24, 2.45) is 11.3 Å². The van der Waals surface area contributed by atoms with E-state index >= 15 is 0 Å². The van der Waals surface area contributed by atoms with E-state index < -0.39 is 11.4 Å². The number of carboxylic acid groups (broad SMARTS) is 1. The molecule has 2 amide bonds. The molecule has 1 aromatic heterocycles. The van der Waals surface area contributed by atoms with E-state index in [-0.39, 0.29) is 18.5 Å². The lowest BCUT2D eigenvalue weighted by molar-refractivity contribution is -0.149. The Bertz CT molecular complexity index is 681. The van der Waals surface area contributed by atoms with Gasteiger partial charge in [0, 0.05) is 39.4 Å². The third-order valence-corrected chi connectivity index (χ3v) is 5.75. The predicted molar refractivity (Wildman–Crippen MR) is 94.3 cm³/mol. The number of anilines is 2. The molecule has 1 saturated carbocycles. The number of hydrogen-bond donors (Lipinski definition) is 2. The summed E-state index contributed by atoms with van der Waals surface area (Å²) in [7, 11) is 3.81. The van der Waals surface area contributed by atoms with Gasteiger partial charge in [0.25, 0.3) is 0 Å². The Morgan fingerprint density at radius 1 is 1.50 bits per heavy atom. The van der Waals surface area contributed by atoms with Gasteiger partial charge in [0.15, 0.2) is 0 Å². The van der Waals surface area contributed by atoms with E-state index in [1.54, 1.807) is 17.2 Å². The van der Waals surface area contributed by atoms with Crippen molar-refractivity contribution < 1.29 is 14.7 Å². The molecule has 1 aliphatic heterocycles. The van der Waals surface area contributed by atoms with Crippen LogP contribution in [-0.2, 0) is 4.79 Å². The summed E-state index contributed by atoms with van der Waals surface area (Å²) in [5.41, 5.74) is 0.139. The molecule has 1 saturated heterocycles. The summed E-state index contributed by atoms with van der Waals surface area (Å²) < 4.78 is 0.839. The molecule has 1 aliphatic carbocycles. The van der Waals surface area contributed by atoms with E-state index in [4.69, 9.17) is 0 Å². The summed E-state index contributed by atoms with van der Waals surface area (Å²) in [5, 5.41) is 12.4. The van der Waals surface area contributed by atoms with Crippen molar-refractivity contribution >= 4 is 39.4 Å². The van der Waals surface area contributed by atoms with Crippen LogP contribution in [0.25, 0.3) is 0 Å². The Hall–Kier alpha value is -1.83. The first-order chi connectivity index (χ1) is 11.3. The third-order valence-electron chi connectivity index (χ3n) is 5.14. The molecule has 7 nitrogen and oxygen atoms in total. The van der Waals surface area contributed by atoms with Crippen molar-refractivity contribution in [3.8, 4) is 0 Å². The highest BCUT2D eigenvalue weighted by Gasteiger charge is 2.55. The smallest absolute Gasteiger partial charge is 0.323 e. The minimum Gasteiger partial charge on any atom is -0.481 e. The van der Waals surface area contributed by atoms with Crippen LogP contribution in [0.5, 0.6) is 0 Å². The summed E-state index contributed by atoms with van der Waals surface area (Å²) in [4.78, 5) is 32.0. The molecule has 3 rings (SSSR count). The number of fused-ring (bicyclic) bond motifs is 1. The van der Waals surface area contributed by atoms with Crippen LogP contribution in [0.2, 0.25) is 0 Å². The van der Waals surface area contributed by atoms with Gasteiger partial charge >= 0.3 is 12.0 Å². The van der Waals surface area contributed by atoms with Gasteiger partial charge in [0.2, 0.25) is 0 Å². The number of carboxylic acids is 1. The lowest BCUT2D eigenvalue weighted by Gasteiger charge is -2.23. The molecule has 2 N–H and O–H groups in total. The fraction of sp³-hybridized carbons (Fsp3) is 0.562. The Kier molecular flexibility index (Phi) is 4.42. The number of pyridine rings is 1. The van der Waals surface area contributed by atoms with Crippen molar-refractivity contribution in [2.75, 3.05) is 37.4 Å². The quantitative estimate of drug-likeness (QED) is 0.819. The molecule has 2 heterocycles. The number of aromatic nitrogens is 1. The number of rotatable bonds is 3. The van der Waals surface area contributed by atoms with E-state index in [9.17, 15) is 14.7 Å². The Morgan fingerprint density at radius 2 is 2.25 bits per heavy atom. The number of carbonyl (C=O) groups is 2. The normalized spacial score (nSPS) is 25.5. The second-order valence-corrected chi connectivity index (χ2v) is 7.63. The van der Waals surface area contributed by atoms with Gasteiger partial charge in [-0.3, -0.25) is 10.1 Å². The SMILES string of the molecule is CN(C)c1cc(NC(=O)N2C[C@@H]3CCC[C@@]3(C(=O)O)C2)ncc1Br. The fourth-order valence-electron chi connectivity index (χ4n) is 3.82. The molecule has 8 heteroatoms. The van der Waals surface area contributed by atoms with Crippen LogP contribution < -0.4 is 10.2 Å². The fourth-order valence-corrected chi connectivity index (χ4v) is 4.39. The summed E-state index contributed by atoms with van der Waals surface area (Å²) in [5.74, 6) is -0.277. The van der Waals surface area contributed by atoms with Gasteiger partial charge in [-0.2, -0.15) is 0 Å². The number of carbonyl (C=O) groups excluding carboxylic acids is 1. The van der Waals surface area contributed by atoms with Gasteiger partial charge in [-0.1, -0.05) is 6.42 Å². The first-order valence-corrected chi connectivity index (χ1v) is 8.75. The molecule has 0 spiro atoms. The van der Waals surface area contributed by atoms with Crippen LogP contribution in [0, 0.1) is 11.3 Å². The Balaban J connectivity index is 1.73. The molecule has 0 aromatic carbocycles. The van der Waals surface area contributed by atoms with E-state index in [0.717, 1.165) is 23.0 Å². The zero-order valence-corrected chi connectivity index (χ0v) is 15.3. The maximum Gasteiger partial charge on any atom is 0.323 e. The van der Waals surface area contributed by atoms with Gasteiger partial charge < -0.3 is 14.9 Å². The van der Waals surface area contributed by atoms with Gasteiger partial charge in [-0.15, -0.1) is 0 Å². The van der Waals surface area contributed by atoms with Crippen molar-refractivity contribution in [2.45, 2.75) is 19.3 Å². The lowest BCUT2D eigenvalue weighted by atomic mass is 9.81. The molecular formula is C16H21BrN4O3.